The van der Waals surface area contributed by atoms with Gasteiger partial charge in [-0.05, 0) is 48.7 Å². The number of halogens is 1. The van der Waals surface area contributed by atoms with E-state index in [9.17, 15) is 4.79 Å². The number of aromatic nitrogens is 1. The van der Waals surface area contributed by atoms with Crippen LogP contribution in [0.1, 0.15) is 43.2 Å². The number of nitrogens with zero attached hydrogens (tertiary/aromatic N) is 1. The summed E-state index contributed by atoms with van der Waals surface area (Å²) in [6.45, 7) is 5.54. The average Bonchev–Trinajstić information content (AvgIpc) is 2.71. The summed E-state index contributed by atoms with van der Waals surface area (Å²) >= 11 is 3.40. The van der Waals surface area contributed by atoms with Gasteiger partial charge in [-0.15, -0.1) is 0 Å². The van der Waals surface area contributed by atoms with Crippen molar-refractivity contribution in [1.29, 1.82) is 0 Å². The maximum absolute atomic E-state index is 12.0. The number of nitrogens with one attached hydrogen (secondary N) is 1. The Labute approximate surface area is 117 Å². The number of amides is 1. The van der Waals surface area contributed by atoms with Crippen molar-refractivity contribution in [3.63, 3.8) is 0 Å². The largest absolute Gasteiger partial charge is 0.385 e. The van der Waals surface area contributed by atoms with E-state index in [2.05, 4.69) is 35.1 Å². The number of hydrogen-bond donors (Lipinski definition) is 1. The third kappa shape index (κ3) is 4.46. The second-order valence-electron chi connectivity index (χ2n) is 4.50. The summed E-state index contributed by atoms with van der Waals surface area (Å²) in [4.78, 5) is 12.0. The molecular weight excluding hydrogens is 296 g/mol. The van der Waals surface area contributed by atoms with Crippen LogP contribution in [-0.2, 0) is 4.74 Å². The lowest BCUT2D eigenvalue weighted by Crippen LogP contribution is -2.27. The van der Waals surface area contributed by atoms with Gasteiger partial charge in [0.05, 0.1) is 0 Å². The van der Waals surface area contributed by atoms with Crippen LogP contribution < -0.4 is 5.32 Å². The first kappa shape index (κ1) is 15.2. The van der Waals surface area contributed by atoms with Crippen LogP contribution in [0.15, 0.2) is 16.7 Å². The smallest absolute Gasteiger partial charge is 0.267 e. The molecule has 0 fully saturated rings. The summed E-state index contributed by atoms with van der Waals surface area (Å²) < 4.78 is 7.86. The molecule has 1 amide bonds. The molecule has 0 aromatic carbocycles. The minimum Gasteiger partial charge on any atom is -0.385 e. The van der Waals surface area contributed by atoms with Crippen LogP contribution >= 0.6 is 15.9 Å². The van der Waals surface area contributed by atoms with Crippen molar-refractivity contribution in [2.24, 2.45) is 0 Å². The first-order valence-electron chi connectivity index (χ1n) is 6.20. The summed E-state index contributed by atoms with van der Waals surface area (Å²) in [5, 5.41) is 2.93. The Hall–Kier alpha value is -0.810. The lowest BCUT2D eigenvalue weighted by atomic mass is 10.3. The zero-order valence-corrected chi connectivity index (χ0v) is 12.8. The molecule has 0 bridgehead atoms. The summed E-state index contributed by atoms with van der Waals surface area (Å²) in [7, 11) is 1.69. The van der Waals surface area contributed by atoms with Gasteiger partial charge in [-0.2, -0.15) is 0 Å². The first-order valence-corrected chi connectivity index (χ1v) is 7.00. The molecule has 102 valence electrons. The third-order valence-corrected chi connectivity index (χ3v) is 3.10. The van der Waals surface area contributed by atoms with E-state index in [0.29, 0.717) is 12.2 Å². The topological polar surface area (TPSA) is 43.3 Å². The van der Waals surface area contributed by atoms with E-state index in [1.54, 1.807) is 7.11 Å². The van der Waals surface area contributed by atoms with Crippen molar-refractivity contribution in [2.45, 2.75) is 32.7 Å². The van der Waals surface area contributed by atoms with E-state index < -0.39 is 0 Å². The lowest BCUT2D eigenvalue weighted by Gasteiger charge is -2.12. The predicted octanol–water partition coefficient (Wildman–Crippen LogP) is 2.99. The molecule has 1 N–H and O–H groups in total. The fourth-order valence-corrected chi connectivity index (χ4v) is 2.16. The van der Waals surface area contributed by atoms with Gasteiger partial charge in [0.2, 0.25) is 0 Å². The summed E-state index contributed by atoms with van der Waals surface area (Å²) in [5.41, 5.74) is 0.698. The van der Waals surface area contributed by atoms with Crippen LogP contribution in [0, 0.1) is 0 Å². The van der Waals surface area contributed by atoms with Gasteiger partial charge in [0, 0.05) is 37.0 Å². The molecule has 0 atom stereocenters. The fraction of sp³-hybridized carbons (Fsp3) is 0.615. The fourth-order valence-electron chi connectivity index (χ4n) is 1.72. The Morgan fingerprint density at radius 2 is 2.22 bits per heavy atom. The van der Waals surface area contributed by atoms with E-state index in [4.69, 9.17) is 4.74 Å². The van der Waals surface area contributed by atoms with Gasteiger partial charge in [0.1, 0.15) is 5.69 Å². The van der Waals surface area contributed by atoms with Crippen LogP contribution in [0.25, 0.3) is 0 Å². The van der Waals surface area contributed by atoms with Crippen LogP contribution in [0.5, 0.6) is 0 Å². The second-order valence-corrected chi connectivity index (χ2v) is 5.42. The zero-order chi connectivity index (χ0) is 13.5. The minimum atomic E-state index is -0.0215. The van der Waals surface area contributed by atoms with Gasteiger partial charge in [-0.25, -0.2) is 0 Å². The Bertz CT molecular complexity index is 388. The van der Waals surface area contributed by atoms with E-state index in [0.717, 1.165) is 23.9 Å². The molecule has 1 aromatic heterocycles. The van der Waals surface area contributed by atoms with Crippen molar-refractivity contribution in [2.75, 3.05) is 20.3 Å². The van der Waals surface area contributed by atoms with Crippen LogP contribution in [-0.4, -0.2) is 30.7 Å². The Balaban J connectivity index is 2.51. The van der Waals surface area contributed by atoms with E-state index in [1.165, 1.54) is 0 Å². The third-order valence-electron chi connectivity index (χ3n) is 2.66. The van der Waals surface area contributed by atoms with Crippen molar-refractivity contribution < 1.29 is 9.53 Å². The van der Waals surface area contributed by atoms with Gasteiger partial charge in [0.25, 0.3) is 5.91 Å². The monoisotopic (exact) mass is 316 g/mol. The number of hydrogen-bond acceptors (Lipinski definition) is 2. The average molecular weight is 317 g/mol. The van der Waals surface area contributed by atoms with Crippen molar-refractivity contribution >= 4 is 21.8 Å². The second kappa shape index (κ2) is 7.59. The van der Waals surface area contributed by atoms with Gasteiger partial charge in [-0.3, -0.25) is 4.79 Å². The van der Waals surface area contributed by atoms with Gasteiger partial charge in [-0.1, -0.05) is 0 Å². The Morgan fingerprint density at radius 3 is 2.83 bits per heavy atom. The molecule has 0 unspecified atom stereocenters. The summed E-state index contributed by atoms with van der Waals surface area (Å²) in [6.07, 6.45) is 3.83. The number of rotatable bonds is 7. The number of unbranched alkanes of at least 4 members (excludes halogenated alkanes) is 1. The maximum Gasteiger partial charge on any atom is 0.267 e. The molecule has 1 rings (SSSR count). The highest BCUT2D eigenvalue weighted by atomic mass is 79.9. The summed E-state index contributed by atoms with van der Waals surface area (Å²) in [6, 6.07) is 2.12. The number of carbonyl (C=O) groups excluding carboxylic acids is 1. The molecule has 0 saturated carbocycles. The normalized spacial score (nSPS) is 10.9. The molecule has 0 spiro atoms. The highest BCUT2D eigenvalue weighted by molar-refractivity contribution is 9.10. The van der Waals surface area contributed by atoms with Crippen molar-refractivity contribution in [3.05, 3.63) is 22.4 Å². The molecule has 0 saturated heterocycles. The van der Waals surface area contributed by atoms with Crippen molar-refractivity contribution in [1.82, 2.24) is 9.88 Å². The Morgan fingerprint density at radius 1 is 1.50 bits per heavy atom. The minimum absolute atomic E-state index is 0.0215. The number of methoxy groups -OCH3 is 1. The molecule has 4 nitrogen and oxygen atoms in total. The van der Waals surface area contributed by atoms with Gasteiger partial charge in [0.15, 0.2) is 0 Å². The molecule has 0 radical (unpaired) electrons. The van der Waals surface area contributed by atoms with Crippen LogP contribution in [0.3, 0.4) is 0 Å². The molecule has 0 aliphatic heterocycles. The highest BCUT2D eigenvalue weighted by Gasteiger charge is 2.14. The molecule has 1 heterocycles. The first-order chi connectivity index (χ1) is 8.56. The summed E-state index contributed by atoms with van der Waals surface area (Å²) in [5.74, 6) is -0.0215. The molecule has 1 aromatic rings. The van der Waals surface area contributed by atoms with Gasteiger partial charge >= 0.3 is 0 Å². The molecule has 0 aliphatic rings. The quantitative estimate of drug-likeness (QED) is 0.786. The standard InChI is InChI=1S/C13H21BrN2O2/c1-10(2)16-9-11(14)8-12(16)13(17)15-6-4-5-7-18-3/h8-10H,4-7H2,1-3H3,(H,15,17). The van der Waals surface area contributed by atoms with Gasteiger partial charge < -0.3 is 14.6 Å². The SMILES string of the molecule is COCCCCNC(=O)c1cc(Br)cn1C(C)C. The zero-order valence-electron chi connectivity index (χ0n) is 11.2. The number of carbonyl (C=O) groups is 1. The van der Waals surface area contributed by atoms with E-state index in [-0.39, 0.29) is 11.9 Å². The highest BCUT2D eigenvalue weighted by Crippen LogP contribution is 2.19. The molecule has 18 heavy (non-hydrogen) atoms. The number of ether oxygens (including phenoxy) is 1. The lowest BCUT2D eigenvalue weighted by molar-refractivity contribution is 0.0940. The van der Waals surface area contributed by atoms with E-state index >= 15 is 0 Å². The predicted molar refractivity (Wildman–Crippen MR) is 76.0 cm³/mol. The van der Waals surface area contributed by atoms with Crippen LogP contribution in [0.4, 0.5) is 0 Å². The van der Waals surface area contributed by atoms with E-state index in [1.807, 2.05) is 16.8 Å². The van der Waals surface area contributed by atoms with Crippen molar-refractivity contribution in [3.8, 4) is 0 Å². The van der Waals surface area contributed by atoms with Crippen LogP contribution in [0.2, 0.25) is 0 Å². The molecular formula is C13H21BrN2O2. The maximum atomic E-state index is 12.0. The Kier molecular flexibility index (Phi) is 6.43. The molecule has 0 aliphatic carbocycles. The molecule has 5 heteroatoms.